The number of nitrogens with two attached hydrogens (primary N) is 1. The number of fused-ring (bicyclic) bond motifs is 1. The number of benzene rings is 2. The van der Waals surface area contributed by atoms with Gasteiger partial charge in [-0.2, -0.15) is 0 Å². The van der Waals surface area contributed by atoms with E-state index < -0.39 is 6.04 Å². The fraction of sp³-hybridized carbons (Fsp3) is 0.273. The Kier molecular flexibility index (Phi) is 4.43. The Morgan fingerprint density at radius 3 is 2.65 bits per heavy atom. The lowest BCUT2D eigenvalue weighted by atomic mass is 9.89. The van der Waals surface area contributed by atoms with Gasteiger partial charge in [0.25, 0.3) is 0 Å². The molecular formula is C22H23N3O. The summed E-state index contributed by atoms with van der Waals surface area (Å²) in [6.45, 7) is 1.75. The van der Waals surface area contributed by atoms with Crippen molar-refractivity contribution in [3.8, 4) is 0 Å². The largest absolute Gasteiger partial charge is 0.320 e. The molecule has 4 nitrogen and oxygen atoms in total. The summed E-state index contributed by atoms with van der Waals surface area (Å²) in [4.78, 5) is 19.5. The molecule has 2 aliphatic rings. The Labute approximate surface area is 154 Å². The van der Waals surface area contributed by atoms with Crippen LogP contribution in [0.4, 0.5) is 5.69 Å². The van der Waals surface area contributed by atoms with Crippen LogP contribution in [0.2, 0.25) is 0 Å². The average Bonchev–Trinajstić information content (AvgIpc) is 3.17. The van der Waals surface area contributed by atoms with Gasteiger partial charge in [-0.3, -0.25) is 9.79 Å². The molecule has 0 fully saturated rings. The van der Waals surface area contributed by atoms with Crippen molar-refractivity contribution in [3.05, 3.63) is 71.9 Å². The third-order valence-corrected chi connectivity index (χ3v) is 5.16. The first-order valence-electron chi connectivity index (χ1n) is 9.12. The SMILES string of the molecule is CC(N)C(=O)N1c2ccccc2CCC1C1=NC=C(c2ccccc2)C1. The number of rotatable bonds is 3. The normalized spacial score (nSPS) is 20.2. The maximum atomic E-state index is 12.9. The minimum atomic E-state index is -0.535. The van der Waals surface area contributed by atoms with E-state index in [2.05, 4.69) is 18.2 Å². The number of amides is 1. The molecule has 2 aromatic carbocycles. The summed E-state index contributed by atoms with van der Waals surface area (Å²) in [6, 6.07) is 17.8. The van der Waals surface area contributed by atoms with Crippen LogP contribution in [-0.4, -0.2) is 23.7 Å². The van der Waals surface area contributed by atoms with Gasteiger partial charge >= 0.3 is 0 Å². The van der Waals surface area contributed by atoms with E-state index in [-0.39, 0.29) is 11.9 Å². The molecule has 132 valence electrons. The fourth-order valence-electron chi connectivity index (χ4n) is 3.83. The van der Waals surface area contributed by atoms with Crippen molar-refractivity contribution in [1.29, 1.82) is 0 Å². The highest BCUT2D eigenvalue weighted by Crippen LogP contribution is 2.35. The third kappa shape index (κ3) is 2.97. The van der Waals surface area contributed by atoms with Crippen LogP contribution in [0.1, 0.15) is 30.9 Å². The molecule has 0 bridgehead atoms. The van der Waals surface area contributed by atoms with Crippen LogP contribution in [0.5, 0.6) is 0 Å². The van der Waals surface area contributed by atoms with Gasteiger partial charge in [-0.05, 0) is 42.5 Å². The molecule has 0 saturated carbocycles. The van der Waals surface area contributed by atoms with Crippen molar-refractivity contribution >= 4 is 22.9 Å². The minimum Gasteiger partial charge on any atom is -0.320 e. The smallest absolute Gasteiger partial charge is 0.244 e. The van der Waals surface area contributed by atoms with Crippen molar-refractivity contribution in [2.75, 3.05) is 4.90 Å². The van der Waals surface area contributed by atoms with Crippen LogP contribution in [0, 0.1) is 0 Å². The molecule has 0 spiro atoms. The Hall–Kier alpha value is -2.72. The first kappa shape index (κ1) is 16.7. The number of carbonyl (C=O) groups is 1. The lowest BCUT2D eigenvalue weighted by Gasteiger charge is -2.38. The van der Waals surface area contributed by atoms with E-state index in [1.807, 2.05) is 47.5 Å². The average molecular weight is 345 g/mol. The van der Waals surface area contributed by atoms with E-state index in [9.17, 15) is 4.79 Å². The molecule has 2 aromatic rings. The summed E-state index contributed by atoms with van der Waals surface area (Å²) in [5.74, 6) is -0.0435. The van der Waals surface area contributed by atoms with Gasteiger partial charge in [0.15, 0.2) is 0 Å². The quantitative estimate of drug-likeness (QED) is 0.924. The van der Waals surface area contributed by atoms with Crippen LogP contribution >= 0.6 is 0 Å². The zero-order valence-electron chi connectivity index (χ0n) is 14.9. The Morgan fingerprint density at radius 1 is 1.15 bits per heavy atom. The van der Waals surface area contributed by atoms with Gasteiger partial charge in [-0.1, -0.05) is 48.5 Å². The van der Waals surface area contributed by atoms with Crippen LogP contribution in [0.3, 0.4) is 0 Å². The highest BCUT2D eigenvalue weighted by molar-refractivity contribution is 6.10. The number of aliphatic imine (C=N–C) groups is 1. The number of anilines is 1. The second-order valence-electron chi connectivity index (χ2n) is 7.00. The minimum absolute atomic E-state index is 0.0270. The number of para-hydroxylation sites is 1. The summed E-state index contributed by atoms with van der Waals surface area (Å²) in [5, 5.41) is 0. The zero-order valence-corrected chi connectivity index (χ0v) is 14.9. The molecule has 0 aliphatic carbocycles. The van der Waals surface area contributed by atoms with Crippen molar-refractivity contribution < 1.29 is 4.79 Å². The third-order valence-electron chi connectivity index (χ3n) is 5.16. The molecule has 4 rings (SSSR count). The maximum Gasteiger partial charge on any atom is 0.244 e. The fourth-order valence-corrected chi connectivity index (χ4v) is 3.83. The number of allylic oxidation sites excluding steroid dienone is 1. The summed E-state index contributed by atoms with van der Waals surface area (Å²) in [5.41, 5.74) is 11.6. The highest BCUT2D eigenvalue weighted by atomic mass is 16.2. The highest BCUT2D eigenvalue weighted by Gasteiger charge is 2.36. The van der Waals surface area contributed by atoms with E-state index in [1.165, 1.54) is 16.7 Å². The van der Waals surface area contributed by atoms with E-state index >= 15 is 0 Å². The Morgan fingerprint density at radius 2 is 1.88 bits per heavy atom. The molecule has 0 radical (unpaired) electrons. The summed E-state index contributed by atoms with van der Waals surface area (Å²) in [7, 11) is 0. The van der Waals surface area contributed by atoms with Crippen LogP contribution < -0.4 is 10.6 Å². The predicted molar refractivity (Wildman–Crippen MR) is 106 cm³/mol. The van der Waals surface area contributed by atoms with E-state index in [1.54, 1.807) is 6.92 Å². The van der Waals surface area contributed by atoms with Crippen LogP contribution in [0.15, 0.2) is 65.8 Å². The molecule has 4 heteroatoms. The molecule has 26 heavy (non-hydrogen) atoms. The monoisotopic (exact) mass is 345 g/mol. The van der Waals surface area contributed by atoms with E-state index in [0.717, 1.165) is 30.7 Å². The Bertz CT molecular complexity index is 883. The molecule has 0 aromatic heterocycles. The molecule has 2 atom stereocenters. The predicted octanol–water partition coefficient (Wildman–Crippen LogP) is 3.57. The van der Waals surface area contributed by atoms with Crippen molar-refractivity contribution in [3.63, 3.8) is 0 Å². The van der Waals surface area contributed by atoms with Gasteiger partial charge < -0.3 is 10.6 Å². The molecule has 2 aliphatic heterocycles. The number of hydrogen-bond donors (Lipinski definition) is 1. The molecule has 2 N–H and O–H groups in total. The van der Waals surface area contributed by atoms with Gasteiger partial charge in [0.05, 0.1) is 12.1 Å². The topological polar surface area (TPSA) is 58.7 Å². The van der Waals surface area contributed by atoms with Gasteiger partial charge in [0.1, 0.15) is 0 Å². The lowest BCUT2D eigenvalue weighted by Crippen LogP contribution is -2.52. The number of aryl methyl sites for hydroxylation is 1. The standard InChI is InChI=1S/C22H23N3O/c1-15(23)22(26)25-20-10-6-5-9-17(20)11-12-21(25)19-13-18(14-24-19)16-7-3-2-4-8-16/h2-10,14-15,21H,11-13,23H2,1H3. The summed E-state index contributed by atoms with van der Waals surface area (Å²) >= 11 is 0. The molecule has 2 unspecified atom stereocenters. The first-order chi connectivity index (χ1) is 12.6. The van der Waals surface area contributed by atoms with Crippen LogP contribution in [-0.2, 0) is 11.2 Å². The van der Waals surface area contributed by atoms with Crippen molar-refractivity contribution in [1.82, 2.24) is 0 Å². The number of nitrogens with zero attached hydrogens (tertiary/aromatic N) is 2. The second-order valence-corrected chi connectivity index (χ2v) is 7.00. The van der Waals surface area contributed by atoms with Gasteiger partial charge in [0.2, 0.25) is 5.91 Å². The van der Waals surface area contributed by atoms with E-state index in [4.69, 9.17) is 10.7 Å². The summed E-state index contributed by atoms with van der Waals surface area (Å²) < 4.78 is 0. The number of carbonyl (C=O) groups excluding carboxylic acids is 1. The Balaban J connectivity index is 1.63. The maximum absolute atomic E-state index is 12.9. The molecular weight excluding hydrogens is 322 g/mol. The molecule has 0 saturated heterocycles. The molecule has 2 heterocycles. The number of hydrogen-bond acceptors (Lipinski definition) is 3. The summed E-state index contributed by atoms with van der Waals surface area (Å²) in [6.07, 6.45) is 4.55. The van der Waals surface area contributed by atoms with Crippen molar-refractivity contribution in [2.45, 2.75) is 38.3 Å². The first-order valence-corrected chi connectivity index (χ1v) is 9.12. The lowest BCUT2D eigenvalue weighted by molar-refractivity contribution is -0.119. The zero-order chi connectivity index (χ0) is 18.1. The molecule has 1 amide bonds. The van der Waals surface area contributed by atoms with Gasteiger partial charge in [-0.25, -0.2) is 0 Å². The van der Waals surface area contributed by atoms with Crippen LogP contribution in [0.25, 0.3) is 5.57 Å². The van der Waals surface area contributed by atoms with E-state index in [0.29, 0.717) is 0 Å². The van der Waals surface area contributed by atoms with Gasteiger partial charge in [-0.15, -0.1) is 0 Å². The second kappa shape index (κ2) is 6.89. The van der Waals surface area contributed by atoms with Crippen molar-refractivity contribution in [2.24, 2.45) is 10.7 Å². The van der Waals surface area contributed by atoms with Gasteiger partial charge in [0, 0.05) is 24.0 Å².